The van der Waals surface area contributed by atoms with Gasteiger partial charge in [0.25, 0.3) is 0 Å². The largest absolute Gasteiger partial charge is 0.496 e. The fourth-order valence-corrected chi connectivity index (χ4v) is 2.08. The van der Waals surface area contributed by atoms with E-state index in [1.807, 2.05) is 0 Å². The molecule has 0 saturated carbocycles. The summed E-state index contributed by atoms with van der Waals surface area (Å²) in [7, 11) is 1.22. The fraction of sp³-hybridized carbons (Fsp3) is 0.538. The Bertz CT molecular complexity index is 428. The predicted molar refractivity (Wildman–Crippen MR) is 64.5 cm³/mol. The molecule has 1 saturated heterocycles. The zero-order valence-corrected chi connectivity index (χ0v) is 10.6. The molecule has 1 heterocycles. The maximum absolute atomic E-state index is 12.7. The fourth-order valence-electron chi connectivity index (χ4n) is 2.08. The summed E-state index contributed by atoms with van der Waals surface area (Å²) in [5.41, 5.74) is -0.785. The van der Waals surface area contributed by atoms with E-state index in [1.165, 1.54) is 19.2 Å². The Labute approximate surface area is 109 Å². The van der Waals surface area contributed by atoms with Crippen molar-refractivity contribution in [2.24, 2.45) is 0 Å². The van der Waals surface area contributed by atoms with Gasteiger partial charge in [0.1, 0.15) is 17.6 Å². The first kappa shape index (κ1) is 14.0. The standard InChI is InChI=1S/C13H16F3NO2/c1-18-12-8-10(2-3-11(12)13(14,15)16)19-9-4-6-17-7-5-9/h2-3,8-9,17H,4-7H2,1H3. The zero-order valence-electron chi connectivity index (χ0n) is 10.6. The Morgan fingerprint density at radius 1 is 1.21 bits per heavy atom. The van der Waals surface area contributed by atoms with Gasteiger partial charge in [-0.1, -0.05) is 0 Å². The molecule has 0 aromatic heterocycles. The lowest BCUT2D eigenvalue weighted by molar-refractivity contribution is -0.138. The number of alkyl halides is 3. The van der Waals surface area contributed by atoms with Crippen LogP contribution in [0.4, 0.5) is 13.2 Å². The van der Waals surface area contributed by atoms with Crippen LogP contribution >= 0.6 is 0 Å². The van der Waals surface area contributed by atoms with Gasteiger partial charge in [-0.2, -0.15) is 13.2 Å². The lowest BCUT2D eigenvalue weighted by Crippen LogP contribution is -2.34. The van der Waals surface area contributed by atoms with Crippen LogP contribution in [-0.2, 0) is 6.18 Å². The molecule has 1 aliphatic rings. The highest BCUT2D eigenvalue weighted by Gasteiger charge is 2.34. The molecular weight excluding hydrogens is 259 g/mol. The van der Waals surface area contributed by atoms with E-state index in [0.717, 1.165) is 32.0 Å². The molecule has 0 unspecified atom stereocenters. The Kier molecular flexibility index (Phi) is 4.19. The van der Waals surface area contributed by atoms with Crippen LogP contribution in [-0.4, -0.2) is 26.3 Å². The highest BCUT2D eigenvalue weighted by molar-refractivity contribution is 5.42. The number of halogens is 3. The SMILES string of the molecule is COc1cc(OC2CCNCC2)ccc1C(F)(F)F. The number of piperidine rings is 1. The normalized spacial score (nSPS) is 17.3. The average molecular weight is 275 g/mol. The molecule has 3 nitrogen and oxygen atoms in total. The highest BCUT2D eigenvalue weighted by Crippen LogP contribution is 2.38. The average Bonchev–Trinajstić information content (AvgIpc) is 2.38. The second-order valence-electron chi connectivity index (χ2n) is 4.43. The summed E-state index contributed by atoms with van der Waals surface area (Å²) in [6.07, 6.45) is -2.67. The van der Waals surface area contributed by atoms with Gasteiger partial charge in [0.15, 0.2) is 0 Å². The molecular formula is C13H16F3NO2. The molecule has 0 atom stereocenters. The number of benzene rings is 1. The smallest absolute Gasteiger partial charge is 0.419 e. The van der Waals surface area contributed by atoms with E-state index in [0.29, 0.717) is 5.75 Å². The molecule has 1 N–H and O–H groups in total. The number of hydrogen-bond acceptors (Lipinski definition) is 3. The van der Waals surface area contributed by atoms with Gasteiger partial charge in [-0.3, -0.25) is 0 Å². The summed E-state index contributed by atoms with van der Waals surface area (Å²) in [5, 5.41) is 3.20. The third kappa shape index (κ3) is 3.53. The summed E-state index contributed by atoms with van der Waals surface area (Å²) >= 11 is 0. The van der Waals surface area contributed by atoms with Crippen LogP contribution < -0.4 is 14.8 Å². The van der Waals surface area contributed by atoms with Crippen molar-refractivity contribution < 1.29 is 22.6 Å². The third-order valence-corrected chi connectivity index (χ3v) is 3.07. The number of nitrogens with one attached hydrogen (secondary N) is 1. The van der Waals surface area contributed by atoms with Crippen molar-refractivity contribution in [1.29, 1.82) is 0 Å². The van der Waals surface area contributed by atoms with Crippen LogP contribution in [0, 0.1) is 0 Å². The molecule has 0 amide bonds. The van der Waals surface area contributed by atoms with Crippen molar-refractivity contribution in [3.05, 3.63) is 23.8 Å². The van der Waals surface area contributed by atoms with E-state index in [2.05, 4.69) is 5.32 Å². The highest BCUT2D eigenvalue weighted by atomic mass is 19.4. The van der Waals surface area contributed by atoms with E-state index in [-0.39, 0.29) is 11.9 Å². The maximum atomic E-state index is 12.7. The van der Waals surface area contributed by atoms with Gasteiger partial charge >= 0.3 is 6.18 Å². The number of rotatable bonds is 3. The van der Waals surface area contributed by atoms with Gasteiger partial charge in [0.2, 0.25) is 0 Å². The van der Waals surface area contributed by atoms with Crippen LogP contribution in [0.15, 0.2) is 18.2 Å². The maximum Gasteiger partial charge on any atom is 0.419 e. The molecule has 1 fully saturated rings. The molecule has 19 heavy (non-hydrogen) atoms. The minimum atomic E-state index is -4.42. The van der Waals surface area contributed by atoms with Crippen LogP contribution in [0.25, 0.3) is 0 Å². The zero-order chi connectivity index (χ0) is 13.9. The molecule has 0 bridgehead atoms. The first-order valence-electron chi connectivity index (χ1n) is 6.13. The van der Waals surface area contributed by atoms with E-state index in [9.17, 15) is 13.2 Å². The van der Waals surface area contributed by atoms with E-state index < -0.39 is 11.7 Å². The predicted octanol–water partition coefficient (Wildman–Crippen LogP) is 2.84. The number of hydrogen-bond donors (Lipinski definition) is 1. The molecule has 0 aliphatic carbocycles. The van der Waals surface area contributed by atoms with Crippen molar-refractivity contribution in [3.63, 3.8) is 0 Å². The Morgan fingerprint density at radius 2 is 1.89 bits per heavy atom. The molecule has 1 aromatic rings. The van der Waals surface area contributed by atoms with E-state index >= 15 is 0 Å². The Morgan fingerprint density at radius 3 is 2.47 bits per heavy atom. The molecule has 106 valence electrons. The summed E-state index contributed by atoms with van der Waals surface area (Å²) in [5.74, 6) is 0.204. The minimum Gasteiger partial charge on any atom is -0.496 e. The molecule has 1 aromatic carbocycles. The molecule has 0 spiro atoms. The van der Waals surface area contributed by atoms with Gasteiger partial charge in [0, 0.05) is 6.07 Å². The van der Waals surface area contributed by atoms with Gasteiger partial charge in [-0.15, -0.1) is 0 Å². The van der Waals surface area contributed by atoms with Gasteiger partial charge in [-0.05, 0) is 38.1 Å². The van der Waals surface area contributed by atoms with E-state index in [1.54, 1.807) is 0 Å². The van der Waals surface area contributed by atoms with Crippen molar-refractivity contribution in [1.82, 2.24) is 5.32 Å². The lowest BCUT2D eigenvalue weighted by Gasteiger charge is -2.24. The van der Waals surface area contributed by atoms with Crippen LogP contribution in [0.1, 0.15) is 18.4 Å². The number of ether oxygens (including phenoxy) is 2. The number of methoxy groups -OCH3 is 1. The van der Waals surface area contributed by atoms with Gasteiger partial charge < -0.3 is 14.8 Å². The topological polar surface area (TPSA) is 30.5 Å². The monoisotopic (exact) mass is 275 g/mol. The van der Waals surface area contributed by atoms with Crippen LogP contribution in [0.3, 0.4) is 0 Å². The molecule has 6 heteroatoms. The minimum absolute atomic E-state index is 0.0442. The van der Waals surface area contributed by atoms with Crippen molar-refractivity contribution in [2.45, 2.75) is 25.1 Å². The van der Waals surface area contributed by atoms with Crippen LogP contribution in [0.5, 0.6) is 11.5 Å². The quantitative estimate of drug-likeness (QED) is 0.920. The Hall–Kier alpha value is -1.43. The van der Waals surface area contributed by atoms with Crippen LogP contribution in [0.2, 0.25) is 0 Å². The first-order chi connectivity index (χ1) is 9.00. The second kappa shape index (κ2) is 5.69. The summed E-state index contributed by atoms with van der Waals surface area (Å²) in [6, 6.07) is 3.63. The summed E-state index contributed by atoms with van der Waals surface area (Å²) < 4.78 is 48.6. The molecule has 1 aliphatic heterocycles. The van der Waals surface area contributed by atoms with Crippen molar-refractivity contribution >= 4 is 0 Å². The van der Waals surface area contributed by atoms with Gasteiger partial charge in [0.05, 0.1) is 12.7 Å². The lowest BCUT2D eigenvalue weighted by atomic mass is 10.1. The Balaban J connectivity index is 2.14. The van der Waals surface area contributed by atoms with E-state index in [4.69, 9.17) is 9.47 Å². The third-order valence-electron chi connectivity index (χ3n) is 3.07. The second-order valence-corrected chi connectivity index (χ2v) is 4.43. The summed E-state index contributed by atoms with van der Waals surface area (Å²) in [4.78, 5) is 0. The molecule has 0 radical (unpaired) electrons. The van der Waals surface area contributed by atoms with Crippen molar-refractivity contribution in [3.8, 4) is 11.5 Å². The summed E-state index contributed by atoms with van der Waals surface area (Å²) in [6.45, 7) is 1.73. The first-order valence-corrected chi connectivity index (χ1v) is 6.13. The van der Waals surface area contributed by atoms with Gasteiger partial charge in [-0.25, -0.2) is 0 Å². The van der Waals surface area contributed by atoms with Crippen molar-refractivity contribution in [2.75, 3.05) is 20.2 Å². The molecule has 2 rings (SSSR count).